The van der Waals surface area contributed by atoms with Crippen LogP contribution < -0.4 is 5.32 Å². The Morgan fingerprint density at radius 3 is 2.81 bits per heavy atom. The summed E-state index contributed by atoms with van der Waals surface area (Å²) in [6.07, 6.45) is 6.64. The fraction of sp³-hybridized carbons (Fsp3) is 0.360. The van der Waals surface area contributed by atoms with Gasteiger partial charge in [0.05, 0.1) is 22.5 Å². The number of aryl methyl sites for hydroxylation is 1. The summed E-state index contributed by atoms with van der Waals surface area (Å²) >= 11 is 1.34. The number of amides is 1. The lowest BCUT2D eigenvalue weighted by Gasteiger charge is -2.25. The Morgan fingerprint density at radius 1 is 1.22 bits per heavy atom. The lowest BCUT2D eigenvalue weighted by Crippen LogP contribution is -2.14. The van der Waals surface area contributed by atoms with Crippen molar-refractivity contribution in [1.29, 1.82) is 0 Å². The molecule has 2 aliphatic rings. The third-order valence-electron chi connectivity index (χ3n) is 6.82. The normalized spacial score (nSPS) is 20.3. The van der Waals surface area contributed by atoms with Gasteiger partial charge in [0.2, 0.25) is 5.91 Å². The summed E-state index contributed by atoms with van der Waals surface area (Å²) in [6, 6.07) is 12.4. The topological polar surface area (TPSA) is 72.7 Å². The van der Waals surface area contributed by atoms with Gasteiger partial charge in [-0.2, -0.15) is 9.47 Å². The number of nitrogens with one attached hydrogen (secondary N) is 1. The van der Waals surface area contributed by atoms with Gasteiger partial charge in [0.15, 0.2) is 0 Å². The maximum atomic E-state index is 12.8. The molecule has 0 bridgehead atoms. The first-order valence-electron chi connectivity index (χ1n) is 11.3. The molecule has 6 nitrogen and oxygen atoms in total. The highest BCUT2D eigenvalue weighted by Gasteiger charge is 2.39. The molecule has 2 saturated carbocycles. The molecule has 3 heterocycles. The maximum absolute atomic E-state index is 12.8. The number of nitrogens with zero attached hydrogens (tertiary/aromatic N) is 4. The number of carbonyl (C=O) groups is 1. The molecule has 1 amide bonds. The molecule has 32 heavy (non-hydrogen) atoms. The minimum absolute atomic E-state index is 0.0896. The van der Waals surface area contributed by atoms with Gasteiger partial charge in [0, 0.05) is 41.7 Å². The predicted molar refractivity (Wildman–Crippen MR) is 128 cm³/mol. The summed E-state index contributed by atoms with van der Waals surface area (Å²) in [5.74, 6) is 1.20. The Balaban J connectivity index is 1.46. The molecule has 1 unspecified atom stereocenters. The monoisotopic (exact) mass is 443 g/mol. The van der Waals surface area contributed by atoms with E-state index in [0.29, 0.717) is 11.8 Å². The summed E-state index contributed by atoms with van der Waals surface area (Å²) < 4.78 is 6.62. The van der Waals surface area contributed by atoms with Gasteiger partial charge in [0.1, 0.15) is 5.00 Å². The summed E-state index contributed by atoms with van der Waals surface area (Å²) in [4.78, 5) is 17.8. The second-order valence-electron chi connectivity index (χ2n) is 9.20. The number of pyridine rings is 1. The van der Waals surface area contributed by atoms with Crippen molar-refractivity contribution in [2.75, 3.05) is 5.32 Å². The van der Waals surface area contributed by atoms with Crippen molar-refractivity contribution in [1.82, 2.24) is 19.1 Å². The number of anilines is 1. The van der Waals surface area contributed by atoms with Gasteiger partial charge >= 0.3 is 0 Å². The SMILES string of the molecule is C[C@@H]1CC1C(=O)Nc1snc(-c2ccc3nn(C)cc3c2)c1-c1cccc(C2CCC2)n1. The number of fused-ring (bicyclic) bond motifs is 1. The van der Waals surface area contributed by atoms with E-state index in [1.165, 1.54) is 30.8 Å². The number of hydrogen-bond acceptors (Lipinski definition) is 5. The van der Waals surface area contributed by atoms with Gasteiger partial charge in [-0.1, -0.05) is 25.5 Å². The van der Waals surface area contributed by atoms with Gasteiger partial charge in [-0.05, 0) is 61.0 Å². The second-order valence-corrected chi connectivity index (χ2v) is 9.97. The predicted octanol–water partition coefficient (Wildman–Crippen LogP) is 5.62. The van der Waals surface area contributed by atoms with Crippen LogP contribution in [0, 0.1) is 11.8 Å². The summed E-state index contributed by atoms with van der Waals surface area (Å²) in [5.41, 5.74) is 5.76. The van der Waals surface area contributed by atoms with Crippen LogP contribution in [0.15, 0.2) is 42.6 Å². The Morgan fingerprint density at radius 2 is 2.06 bits per heavy atom. The molecule has 4 aromatic rings. The zero-order chi connectivity index (χ0) is 21.8. The Labute approximate surface area is 190 Å². The highest BCUT2D eigenvalue weighted by Crippen LogP contribution is 2.44. The van der Waals surface area contributed by atoms with Gasteiger partial charge in [-0.3, -0.25) is 14.5 Å². The largest absolute Gasteiger partial charge is 0.316 e. The fourth-order valence-corrected chi connectivity index (χ4v) is 5.34. The number of rotatable bonds is 5. The summed E-state index contributed by atoms with van der Waals surface area (Å²) in [5, 5.41) is 9.51. The minimum Gasteiger partial charge on any atom is -0.316 e. The molecule has 0 radical (unpaired) electrons. The van der Waals surface area contributed by atoms with E-state index in [2.05, 4.69) is 41.6 Å². The van der Waals surface area contributed by atoms with E-state index >= 15 is 0 Å². The third kappa shape index (κ3) is 3.41. The molecule has 1 N–H and O–H groups in total. The van der Waals surface area contributed by atoms with Gasteiger partial charge < -0.3 is 5.32 Å². The molecule has 7 heteroatoms. The molecule has 1 aromatic carbocycles. The minimum atomic E-state index is 0.0896. The molecular formula is C25H25N5OS. The van der Waals surface area contributed by atoms with Crippen molar-refractivity contribution in [3.8, 4) is 22.5 Å². The van der Waals surface area contributed by atoms with Gasteiger partial charge in [0.25, 0.3) is 0 Å². The van der Waals surface area contributed by atoms with Crippen LogP contribution >= 0.6 is 11.5 Å². The van der Waals surface area contributed by atoms with Crippen molar-refractivity contribution < 1.29 is 4.79 Å². The molecule has 0 saturated heterocycles. The van der Waals surface area contributed by atoms with E-state index in [0.717, 1.165) is 50.5 Å². The van der Waals surface area contributed by atoms with Crippen molar-refractivity contribution >= 4 is 33.3 Å². The molecule has 0 spiro atoms. The van der Waals surface area contributed by atoms with Gasteiger partial charge in [-0.25, -0.2) is 0 Å². The van der Waals surface area contributed by atoms with Crippen molar-refractivity contribution in [2.24, 2.45) is 18.9 Å². The van der Waals surface area contributed by atoms with Crippen LogP contribution in [0.5, 0.6) is 0 Å². The number of hydrogen-bond donors (Lipinski definition) is 1. The Hall–Kier alpha value is -3.06. The maximum Gasteiger partial charge on any atom is 0.228 e. The number of benzene rings is 1. The zero-order valence-corrected chi connectivity index (χ0v) is 19.0. The van der Waals surface area contributed by atoms with E-state index < -0.39 is 0 Å². The van der Waals surface area contributed by atoms with E-state index in [9.17, 15) is 4.79 Å². The first kappa shape index (κ1) is 19.6. The van der Waals surface area contributed by atoms with Crippen LogP contribution in [0.2, 0.25) is 0 Å². The summed E-state index contributed by atoms with van der Waals surface area (Å²) in [7, 11) is 1.93. The summed E-state index contributed by atoms with van der Waals surface area (Å²) in [6.45, 7) is 2.12. The molecule has 2 atom stereocenters. The first-order valence-corrected chi connectivity index (χ1v) is 12.1. The van der Waals surface area contributed by atoms with Crippen LogP contribution in [0.3, 0.4) is 0 Å². The molecule has 3 aromatic heterocycles. The standard InChI is InChI=1S/C25H25N5OS/c1-14-11-18(14)24(31)27-25-22(21-8-4-7-19(26-21)15-5-3-6-15)23(29-32-25)16-9-10-20-17(12-16)13-30(2)28-20/h4,7-10,12-15,18H,3,5-6,11H2,1-2H3,(H,27,31)/t14-,18?/m1/s1. The average Bonchev–Trinajstić information content (AvgIpc) is 3.15. The van der Waals surface area contributed by atoms with Crippen LogP contribution in [0.4, 0.5) is 5.00 Å². The lowest BCUT2D eigenvalue weighted by atomic mass is 9.82. The molecular weight excluding hydrogens is 418 g/mol. The Bertz CT molecular complexity index is 1340. The van der Waals surface area contributed by atoms with Crippen molar-refractivity contribution in [2.45, 2.75) is 38.5 Å². The van der Waals surface area contributed by atoms with Crippen molar-refractivity contribution in [3.63, 3.8) is 0 Å². The Kier molecular flexibility index (Phi) is 4.61. The van der Waals surface area contributed by atoms with Crippen LogP contribution in [0.1, 0.15) is 44.2 Å². The molecule has 162 valence electrons. The quantitative estimate of drug-likeness (QED) is 0.434. The van der Waals surface area contributed by atoms with E-state index in [-0.39, 0.29) is 11.8 Å². The highest BCUT2D eigenvalue weighted by atomic mass is 32.1. The number of carbonyl (C=O) groups excluding carboxylic acids is 1. The first-order chi connectivity index (χ1) is 15.6. The third-order valence-corrected chi connectivity index (χ3v) is 7.58. The lowest BCUT2D eigenvalue weighted by molar-refractivity contribution is -0.117. The van der Waals surface area contributed by atoms with E-state index in [4.69, 9.17) is 9.36 Å². The van der Waals surface area contributed by atoms with Crippen LogP contribution in [-0.2, 0) is 11.8 Å². The molecule has 0 aliphatic heterocycles. The molecule has 2 fully saturated rings. The molecule has 2 aliphatic carbocycles. The highest BCUT2D eigenvalue weighted by molar-refractivity contribution is 7.11. The molecule has 6 rings (SSSR count). The zero-order valence-electron chi connectivity index (χ0n) is 18.2. The van der Waals surface area contributed by atoms with E-state index in [1.807, 2.05) is 30.1 Å². The van der Waals surface area contributed by atoms with Gasteiger partial charge in [-0.15, -0.1) is 0 Å². The average molecular weight is 444 g/mol. The number of aromatic nitrogens is 4. The van der Waals surface area contributed by atoms with Crippen molar-refractivity contribution in [3.05, 3.63) is 48.3 Å². The smallest absolute Gasteiger partial charge is 0.228 e. The second kappa shape index (κ2) is 7.52. The van der Waals surface area contributed by atoms with Crippen LogP contribution in [0.25, 0.3) is 33.4 Å². The fourth-order valence-electron chi connectivity index (χ4n) is 4.52. The van der Waals surface area contributed by atoms with Crippen LogP contribution in [-0.4, -0.2) is 25.0 Å². The van der Waals surface area contributed by atoms with E-state index in [1.54, 1.807) is 0 Å².